The van der Waals surface area contributed by atoms with Crippen molar-refractivity contribution in [1.29, 1.82) is 0 Å². The highest BCUT2D eigenvalue weighted by Gasteiger charge is 2.64. The molecule has 10 atom stereocenters. The number of likely N-dealkylation sites (tertiary alicyclic amines) is 1. The molecule has 2 saturated heterocycles. The number of benzene rings is 1. The lowest BCUT2D eigenvalue weighted by Gasteiger charge is -2.56. The number of aromatic hydroxyl groups is 1. The maximum absolute atomic E-state index is 10.8. The molecule has 10 nitrogen and oxygen atoms in total. The number of phenols is 1. The Kier molecular flexibility index (Phi) is 4.77. The van der Waals surface area contributed by atoms with Crippen LogP contribution in [0, 0.1) is 5.92 Å². The number of rotatable bonds is 3. The van der Waals surface area contributed by atoms with E-state index in [-0.39, 0.29) is 24.3 Å². The Bertz CT molecular complexity index is 1000. The number of ether oxygens (including phenoxy) is 3. The van der Waals surface area contributed by atoms with Crippen LogP contribution in [0.15, 0.2) is 18.2 Å². The van der Waals surface area contributed by atoms with Crippen LogP contribution in [-0.4, -0.2) is 105 Å². The van der Waals surface area contributed by atoms with Crippen LogP contribution in [0.5, 0.6) is 17.2 Å². The van der Waals surface area contributed by atoms with Gasteiger partial charge < -0.3 is 49.7 Å². The summed E-state index contributed by atoms with van der Waals surface area (Å²) in [6, 6.07) is 1.63. The first-order valence-electron chi connectivity index (χ1n) is 11.4. The van der Waals surface area contributed by atoms with Gasteiger partial charge in [0.2, 0.25) is 0 Å². The minimum absolute atomic E-state index is 0.0866. The highest BCUT2D eigenvalue weighted by atomic mass is 16.6. The first-order chi connectivity index (χ1) is 15.7. The Morgan fingerprint density at radius 2 is 1.91 bits per heavy atom. The van der Waals surface area contributed by atoms with Gasteiger partial charge in [-0.25, -0.2) is 0 Å². The number of phenolic OH excluding ortho intramolecular Hbond substituents is 1. The van der Waals surface area contributed by atoms with Crippen molar-refractivity contribution in [3.8, 4) is 17.2 Å². The summed E-state index contributed by atoms with van der Waals surface area (Å²) in [7, 11) is 2.08. The second kappa shape index (κ2) is 7.29. The number of hydrogen-bond acceptors (Lipinski definition) is 10. The van der Waals surface area contributed by atoms with E-state index in [9.17, 15) is 30.6 Å². The van der Waals surface area contributed by atoms with E-state index >= 15 is 0 Å². The van der Waals surface area contributed by atoms with Crippen LogP contribution in [0.3, 0.4) is 0 Å². The molecule has 3 heterocycles. The summed E-state index contributed by atoms with van der Waals surface area (Å²) < 4.78 is 17.4. The third-order valence-electron chi connectivity index (χ3n) is 8.33. The molecular weight excluding hydrogens is 434 g/mol. The lowest BCUT2D eigenvalue weighted by molar-refractivity contribution is -0.285. The summed E-state index contributed by atoms with van der Waals surface area (Å²) in [5, 5.41) is 61.3. The topological polar surface area (TPSA) is 152 Å². The van der Waals surface area contributed by atoms with Crippen molar-refractivity contribution >= 4 is 0 Å². The van der Waals surface area contributed by atoms with E-state index in [2.05, 4.69) is 18.0 Å². The molecule has 0 aromatic heterocycles. The average Bonchev–Trinajstić information content (AvgIpc) is 3.15. The van der Waals surface area contributed by atoms with Crippen LogP contribution in [0.25, 0.3) is 0 Å². The van der Waals surface area contributed by atoms with Gasteiger partial charge >= 0.3 is 0 Å². The Morgan fingerprint density at radius 3 is 2.70 bits per heavy atom. The van der Waals surface area contributed by atoms with E-state index in [1.54, 1.807) is 6.08 Å². The summed E-state index contributed by atoms with van der Waals surface area (Å²) in [5.74, 6) is 0.837. The van der Waals surface area contributed by atoms with E-state index in [0.717, 1.165) is 24.1 Å². The number of nitrogens with zero attached hydrogens (tertiary/aromatic N) is 1. The summed E-state index contributed by atoms with van der Waals surface area (Å²) in [6.07, 6.45) is -3.38. The summed E-state index contributed by atoms with van der Waals surface area (Å²) in [6.45, 7) is 0.628. The largest absolute Gasteiger partial charge is 0.504 e. The van der Waals surface area contributed by atoms with Crippen LogP contribution in [0.1, 0.15) is 17.5 Å². The standard InChI is InChI=1S/C23H29NO9/c1-24-5-4-23-10-2-3-12(25)21(23)33-20-13(26)7-14(9(16(20)23)6-11(10)24)31-8-15-17(27)18(28)19(29)22(30)32-15/h2-3,7,10-12,15,17-19,21-22,25-30H,4-6,8H2,1H3/t10-,11+,12-,15+,17-,18-,19+,21-,22+,23-/m0/s1. The van der Waals surface area contributed by atoms with Gasteiger partial charge in [-0.3, -0.25) is 0 Å². The van der Waals surface area contributed by atoms with Crippen LogP contribution in [0.4, 0.5) is 0 Å². The molecule has 1 aromatic rings. The van der Waals surface area contributed by atoms with Crippen LogP contribution < -0.4 is 9.47 Å². The molecule has 3 aliphatic heterocycles. The van der Waals surface area contributed by atoms with Gasteiger partial charge in [0, 0.05) is 34.6 Å². The van der Waals surface area contributed by atoms with Gasteiger partial charge in [0.25, 0.3) is 0 Å². The van der Waals surface area contributed by atoms with Crippen molar-refractivity contribution in [1.82, 2.24) is 4.90 Å². The fourth-order valence-corrected chi connectivity index (χ4v) is 6.66. The quantitative estimate of drug-likeness (QED) is 0.288. The zero-order valence-electron chi connectivity index (χ0n) is 18.1. The van der Waals surface area contributed by atoms with E-state index in [4.69, 9.17) is 14.2 Å². The second-order valence-electron chi connectivity index (χ2n) is 9.91. The Balaban J connectivity index is 1.38. The third kappa shape index (κ3) is 2.80. The number of likely N-dealkylation sites (N-methyl/N-ethyl adjacent to an activating group) is 1. The molecule has 5 aliphatic rings. The van der Waals surface area contributed by atoms with Crippen molar-refractivity contribution in [2.75, 3.05) is 20.2 Å². The van der Waals surface area contributed by atoms with Crippen LogP contribution in [0.2, 0.25) is 0 Å². The Morgan fingerprint density at radius 1 is 1.12 bits per heavy atom. The molecule has 0 saturated carbocycles. The predicted octanol–water partition coefficient (Wildman–Crippen LogP) is -1.62. The minimum Gasteiger partial charge on any atom is -0.504 e. The summed E-state index contributed by atoms with van der Waals surface area (Å²) in [4.78, 5) is 2.30. The number of aliphatic hydroxyl groups is 5. The van der Waals surface area contributed by atoms with Crippen LogP contribution >= 0.6 is 0 Å². The molecule has 2 fully saturated rings. The first-order valence-corrected chi connectivity index (χ1v) is 11.4. The molecule has 0 radical (unpaired) electrons. The molecule has 0 unspecified atom stereocenters. The van der Waals surface area contributed by atoms with Gasteiger partial charge in [-0.15, -0.1) is 0 Å². The second-order valence-corrected chi connectivity index (χ2v) is 9.91. The van der Waals surface area contributed by atoms with Gasteiger partial charge in [0.15, 0.2) is 17.8 Å². The van der Waals surface area contributed by atoms with Gasteiger partial charge in [-0.05, 0) is 26.4 Å². The van der Waals surface area contributed by atoms with E-state index < -0.39 is 48.3 Å². The van der Waals surface area contributed by atoms with Crippen molar-refractivity contribution in [3.63, 3.8) is 0 Å². The van der Waals surface area contributed by atoms with Gasteiger partial charge in [0.1, 0.15) is 49.0 Å². The molecule has 0 amide bonds. The third-order valence-corrected chi connectivity index (χ3v) is 8.33. The maximum Gasteiger partial charge on any atom is 0.184 e. The molecule has 180 valence electrons. The zero-order chi connectivity index (χ0) is 23.2. The summed E-state index contributed by atoms with van der Waals surface area (Å²) in [5.41, 5.74) is 1.29. The monoisotopic (exact) mass is 463 g/mol. The van der Waals surface area contributed by atoms with E-state index in [1.807, 2.05) is 0 Å². The molecule has 6 rings (SSSR count). The molecular formula is C23H29NO9. The fourth-order valence-electron chi connectivity index (χ4n) is 6.66. The van der Waals surface area contributed by atoms with Gasteiger partial charge in [-0.2, -0.15) is 0 Å². The maximum atomic E-state index is 10.8. The average molecular weight is 463 g/mol. The van der Waals surface area contributed by atoms with Crippen LogP contribution in [-0.2, 0) is 16.6 Å². The smallest absolute Gasteiger partial charge is 0.184 e. The SMILES string of the molecule is CN1CC[C@]23c4c5c(OC[C@H]6O[C@@H](O)[C@H](O)[C@@H](O)[C@H]6O)cc(O)c4O[C@H]2[C@@H](O)C=C[C@H]3[C@H]1C5. The molecule has 1 aromatic carbocycles. The molecule has 6 N–H and O–H groups in total. The lowest BCUT2D eigenvalue weighted by atomic mass is 9.53. The van der Waals surface area contributed by atoms with Gasteiger partial charge in [0.05, 0.1) is 0 Å². The highest BCUT2D eigenvalue weighted by Crippen LogP contribution is 2.63. The molecule has 2 bridgehead atoms. The number of aliphatic hydroxyl groups excluding tert-OH is 5. The van der Waals surface area contributed by atoms with Crippen molar-refractivity contribution in [3.05, 3.63) is 29.3 Å². The van der Waals surface area contributed by atoms with Crippen molar-refractivity contribution < 1.29 is 44.8 Å². The van der Waals surface area contributed by atoms with Crippen molar-refractivity contribution in [2.45, 2.75) is 67.2 Å². The summed E-state index contributed by atoms with van der Waals surface area (Å²) >= 11 is 0. The molecule has 33 heavy (non-hydrogen) atoms. The fraction of sp³-hybridized carbons (Fsp3) is 0.652. The number of hydrogen-bond donors (Lipinski definition) is 6. The predicted molar refractivity (Wildman–Crippen MR) is 112 cm³/mol. The van der Waals surface area contributed by atoms with E-state index in [0.29, 0.717) is 17.9 Å². The minimum atomic E-state index is -1.65. The van der Waals surface area contributed by atoms with Crippen molar-refractivity contribution in [2.24, 2.45) is 5.92 Å². The zero-order valence-corrected chi connectivity index (χ0v) is 18.1. The van der Waals surface area contributed by atoms with E-state index in [1.165, 1.54) is 6.07 Å². The first kappa shape index (κ1) is 21.6. The molecule has 10 heteroatoms. The lowest BCUT2D eigenvalue weighted by Crippen LogP contribution is -2.64. The molecule has 2 aliphatic carbocycles. The Hall–Kier alpha value is -1.92. The highest BCUT2D eigenvalue weighted by molar-refractivity contribution is 5.66. The number of piperidine rings is 1. The van der Waals surface area contributed by atoms with Gasteiger partial charge in [-0.1, -0.05) is 12.2 Å². The normalized spacial score (nSPS) is 45.5. The Labute approximate surface area is 190 Å². The molecule has 1 spiro atoms.